The van der Waals surface area contributed by atoms with Crippen LogP contribution in [-0.4, -0.2) is 34.7 Å². The lowest BCUT2D eigenvalue weighted by Gasteiger charge is -2.39. The summed E-state index contributed by atoms with van der Waals surface area (Å²) in [4.78, 5) is 14.9. The molecule has 0 radical (unpaired) electrons. The highest BCUT2D eigenvalue weighted by molar-refractivity contribution is 5.87. The topological polar surface area (TPSA) is 62.8 Å². The summed E-state index contributed by atoms with van der Waals surface area (Å²) in [7, 11) is 0. The zero-order valence-electron chi connectivity index (χ0n) is 19.1. The number of hydrogen-bond donors (Lipinski definition) is 1. The van der Waals surface area contributed by atoms with Gasteiger partial charge in [-0.2, -0.15) is 5.10 Å². The van der Waals surface area contributed by atoms with E-state index in [9.17, 15) is 4.79 Å². The Bertz CT molecular complexity index is 1170. The van der Waals surface area contributed by atoms with Gasteiger partial charge in [-0.05, 0) is 73.4 Å². The molecule has 3 aliphatic rings. The standard InChI is InChI=1S/C27H32N4O2/c32-26(29-28-17-21-8-5-15-33-21)18-30-13-14-31-24-12-11-20(19-6-2-1-3-7-19)16-23(24)22-9-4-10-25(30)27(22)31/h5,8,11-12,15-17,19,25H,1-4,6-7,9-10,13-14,18H2,(H,29,32)/b28-17-. The van der Waals surface area contributed by atoms with Crippen molar-refractivity contribution in [3.8, 4) is 0 Å². The lowest BCUT2D eigenvalue weighted by molar-refractivity contribution is -0.123. The number of nitrogens with one attached hydrogen (secondary N) is 1. The van der Waals surface area contributed by atoms with E-state index < -0.39 is 0 Å². The third-order valence-corrected chi connectivity index (χ3v) is 7.86. The monoisotopic (exact) mass is 444 g/mol. The van der Waals surface area contributed by atoms with Crippen molar-refractivity contribution in [2.75, 3.05) is 13.1 Å². The van der Waals surface area contributed by atoms with Gasteiger partial charge in [0.15, 0.2) is 0 Å². The smallest absolute Gasteiger partial charge is 0.254 e. The summed E-state index contributed by atoms with van der Waals surface area (Å²) >= 11 is 0. The molecule has 1 N–H and O–H groups in total. The summed E-state index contributed by atoms with van der Waals surface area (Å²) in [5, 5.41) is 5.51. The number of furan rings is 1. The van der Waals surface area contributed by atoms with Gasteiger partial charge >= 0.3 is 0 Å². The van der Waals surface area contributed by atoms with Crippen molar-refractivity contribution in [3.05, 3.63) is 59.2 Å². The van der Waals surface area contributed by atoms with Gasteiger partial charge in [0.25, 0.3) is 5.91 Å². The number of nitrogens with zero attached hydrogens (tertiary/aromatic N) is 3. The number of hydrogen-bond acceptors (Lipinski definition) is 4. The van der Waals surface area contributed by atoms with Crippen LogP contribution in [0.25, 0.3) is 10.9 Å². The molecule has 1 saturated carbocycles. The summed E-state index contributed by atoms with van der Waals surface area (Å²) in [6, 6.07) is 11.2. The van der Waals surface area contributed by atoms with Gasteiger partial charge in [-0.25, -0.2) is 5.43 Å². The fourth-order valence-corrected chi connectivity index (χ4v) is 6.33. The van der Waals surface area contributed by atoms with E-state index in [1.54, 1.807) is 12.3 Å². The molecular formula is C27H32N4O2. The van der Waals surface area contributed by atoms with Crippen molar-refractivity contribution in [2.45, 2.75) is 69.9 Å². The van der Waals surface area contributed by atoms with Crippen molar-refractivity contribution in [3.63, 3.8) is 0 Å². The number of carbonyl (C=O) groups is 1. The molecule has 2 aromatic heterocycles. The molecule has 172 valence electrons. The molecule has 0 spiro atoms. The minimum atomic E-state index is -0.0749. The first kappa shape index (κ1) is 20.7. The van der Waals surface area contributed by atoms with Crippen molar-refractivity contribution in [2.24, 2.45) is 5.10 Å². The molecule has 33 heavy (non-hydrogen) atoms. The molecule has 1 fully saturated rings. The SMILES string of the molecule is O=C(CN1CCn2c3c(c4cc(C5CCCCC5)ccc42)CCCC31)N/N=C\c1ccco1. The fraction of sp³-hybridized carbons (Fsp3) is 0.481. The first-order valence-electron chi connectivity index (χ1n) is 12.5. The molecule has 0 saturated heterocycles. The number of hydrazone groups is 1. The molecule has 1 aromatic carbocycles. The van der Waals surface area contributed by atoms with E-state index in [1.807, 2.05) is 6.07 Å². The second-order valence-electron chi connectivity index (χ2n) is 9.81. The number of fused-ring (bicyclic) bond motifs is 3. The third kappa shape index (κ3) is 3.90. The van der Waals surface area contributed by atoms with Crippen LogP contribution in [-0.2, 0) is 17.8 Å². The number of carbonyl (C=O) groups excluding carboxylic acids is 1. The molecule has 1 aliphatic heterocycles. The largest absolute Gasteiger partial charge is 0.463 e. The maximum absolute atomic E-state index is 12.6. The van der Waals surface area contributed by atoms with E-state index in [-0.39, 0.29) is 5.91 Å². The molecular weight excluding hydrogens is 412 g/mol. The lowest BCUT2D eigenvalue weighted by Crippen LogP contribution is -2.44. The van der Waals surface area contributed by atoms with E-state index >= 15 is 0 Å². The van der Waals surface area contributed by atoms with Gasteiger partial charge in [-0.15, -0.1) is 0 Å². The number of benzene rings is 1. The summed E-state index contributed by atoms with van der Waals surface area (Å²) < 4.78 is 7.77. The molecule has 6 nitrogen and oxygen atoms in total. The number of rotatable bonds is 5. The highest BCUT2D eigenvalue weighted by Gasteiger charge is 2.35. The first-order valence-corrected chi connectivity index (χ1v) is 12.5. The number of aromatic nitrogens is 1. The van der Waals surface area contributed by atoms with E-state index in [2.05, 4.69) is 38.2 Å². The van der Waals surface area contributed by atoms with Crippen LogP contribution in [0.15, 0.2) is 46.1 Å². The third-order valence-electron chi connectivity index (χ3n) is 7.86. The van der Waals surface area contributed by atoms with Crippen LogP contribution in [0.1, 0.15) is 79.5 Å². The minimum Gasteiger partial charge on any atom is -0.463 e. The number of amides is 1. The summed E-state index contributed by atoms with van der Waals surface area (Å²) in [5.41, 5.74) is 8.57. The average Bonchev–Trinajstić information content (AvgIpc) is 3.48. The van der Waals surface area contributed by atoms with Crippen molar-refractivity contribution in [1.29, 1.82) is 0 Å². The van der Waals surface area contributed by atoms with Crippen LogP contribution in [0.4, 0.5) is 0 Å². The summed E-state index contributed by atoms with van der Waals surface area (Å²) in [5.74, 6) is 1.28. The normalized spacial score (nSPS) is 21.5. The Hall–Kier alpha value is -2.86. The quantitative estimate of drug-likeness (QED) is 0.439. The van der Waals surface area contributed by atoms with Crippen molar-refractivity contribution < 1.29 is 9.21 Å². The van der Waals surface area contributed by atoms with E-state index in [4.69, 9.17) is 4.42 Å². The van der Waals surface area contributed by atoms with Gasteiger partial charge < -0.3 is 8.98 Å². The van der Waals surface area contributed by atoms with Crippen LogP contribution < -0.4 is 5.43 Å². The maximum atomic E-state index is 12.6. The Morgan fingerprint density at radius 3 is 2.88 bits per heavy atom. The van der Waals surface area contributed by atoms with E-state index in [1.165, 1.54) is 72.5 Å². The van der Waals surface area contributed by atoms with Gasteiger partial charge in [0.1, 0.15) is 5.76 Å². The Morgan fingerprint density at radius 2 is 2.03 bits per heavy atom. The van der Waals surface area contributed by atoms with Gasteiger partial charge in [0.05, 0.1) is 25.1 Å². The van der Waals surface area contributed by atoms with Crippen LogP contribution in [0.5, 0.6) is 0 Å². The molecule has 3 heterocycles. The summed E-state index contributed by atoms with van der Waals surface area (Å²) in [6.45, 7) is 2.20. The average molecular weight is 445 g/mol. The maximum Gasteiger partial charge on any atom is 0.254 e. The van der Waals surface area contributed by atoms with Gasteiger partial charge in [0.2, 0.25) is 0 Å². The predicted octanol–water partition coefficient (Wildman–Crippen LogP) is 5.13. The molecule has 1 atom stereocenters. The molecule has 0 bridgehead atoms. The van der Waals surface area contributed by atoms with Crippen LogP contribution in [0.3, 0.4) is 0 Å². The second kappa shape index (κ2) is 8.82. The van der Waals surface area contributed by atoms with Crippen LogP contribution in [0.2, 0.25) is 0 Å². The molecule has 3 aromatic rings. The highest BCUT2D eigenvalue weighted by atomic mass is 16.3. The summed E-state index contributed by atoms with van der Waals surface area (Å²) in [6.07, 6.45) is 13.4. The Kier molecular flexibility index (Phi) is 5.54. The lowest BCUT2D eigenvalue weighted by atomic mass is 9.83. The first-order chi connectivity index (χ1) is 16.3. The van der Waals surface area contributed by atoms with Crippen molar-refractivity contribution in [1.82, 2.24) is 14.9 Å². The minimum absolute atomic E-state index is 0.0749. The Balaban J connectivity index is 1.23. The molecule has 1 unspecified atom stereocenters. The number of aryl methyl sites for hydroxylation is 1. The molecule has 6 rings (SSSR count). The van der Waals surface area contributed by atoms with Gasteiger partial charge in [-0.3, -0.25) is 9.69 Å². The van der Waals surface area contributed by atoms with Crippen LogP contribution >= 0.6 is 0 Å². The zero-order valence-corrected chi connectivity index (χ0v) is 19.1. The Labute approximate surface area is 194 Å². The molecule has 2 aliphatic carbocycles. The molecule has 6 heteroatoms. The molecule has 1 amide bonds. The zero-order chi connectivity index (χ0) is 22.2. The predicted molar refractivity (Wildman–Crippen MR) is 129 cm³/mol. The van der Waals surface area contributed by atoms with Gasteiger partial charge in [0, 0.05) is 29.7 Å². The van der Waals surface area contributed by atoms with E-state index in [0.717, 1.165) is 31.8 Å². The second-order valence-corrected chi connectivity index (χ2v) is 9.81. The highest BCUT2D eigenvalue weighted by Crippen LogP contribution is 2.43. The van der Waals surface area contributed by atoms with Gasteiger partial charge in [-0.1, -0.05) is 25.3 Å². The van der Waals surface area contributed by atoms with Crippen LogP contribution in [0, 0.1) is 0 Å². The van der Waals surface area contributed by atoms with Crippen molar-refractivity contribution >= 4 is 23.0 Å². The van der Waals surface area contributed by atoms with E-state index in [0.29, 0.717) is 18.3 Å². The Morgan fingerprint density at radius 1 is 1.12 bits per heavy atom. The fourth-order valence-electron chi connectivity index (χ4n) is 6.33.